The molecule has 2 N–H and O–H groups in total. The first-order valence-electron chi connectivity index (χ1n) is 7.86. The van der Waals surface area contributed by atoms with Gasteiger partial charge in [0.15, 0.2) is 6.61 Å². The zero-order valence-electron chi connectivity index (χ0n) is 13.0. The number of nitrogens with zero attached hydrogens (tertiary/aromatic N) is 1. The molecule has 0 unspecified atom stereocenters. The van der Waals surface area contributed by atoms with E-state index in [1.54, 1.807) is 0 Å². The fourth-order valence-electron chi connectivity index (χ4n) is 2.83. The van der Waals surface area contributed by atoms with Gasteiger partial charge in [0.1, 0.15) is 5.75 Å². The molecule has 4 heteroatoms. The van der Waals surface area contributed by atoms with Gasteiger partial charge in [-0.15, -0.1) is 0 Å². The molecule has 0 aliphatic carbocycles. The number of para-hydroxylation sites is 1. The minimum Gasteiger partial charge on any atom is -0.483 e. The highest BCUT2D eigenvalue weighted by Gasteiger charge is 2.25. The molecule has 2 rings (SSSR count). The van der Waals surface area contributed by atoms with Gasteiger partial charge in [-0.3, -0.25) is 4.79 Å². The maximum Gasteiger partial charge on any atom is 0.260 e. The number of hydrogen-bond acceptors (Lipinski definition) is 3. The summed E-state index contributed by atoms with van der Waals surface area (Å²) < 4.78 is 5.72. The number of amides is 1. The van der Waals surface area contributed by atoms with Crippen LogP contribution in [0.1, 0.15) is 32.3 Å². The van der Waals surface area contributed by atoms with Gasteiger partial charge >= 0.3 is 0 Å². The van der Waals surface area contributed by atoms with E-state index in [1.807, 2.05) is 36.1 Å². The van der Waals surface area contributed by atoms with Gasteiger partial charge in [-0.25, -0.2) is 0 Å². The van der Waals surface area contributed by atoms with Crippen LogP contribution in [0.3, 0.4) is 0 Å². The molecule has 1 aromatic rings. The molecule has 0 spiro atoms. The number of aryl methyl sites for hydroxylation is 1. The molecule has 1 amide bonds. The predicted octanol–water partition coefficient (Wildman–Crippen LogP) is 2.21. The molecule has 0 bridgehead atoms. The molecule has 0 radical (unpaired) electrons. The van der Waals surface area contributed by atoms with Gasteiger partial charge in [-0.1, -0.05) is 25.1 Å². The first-order valence-corrected chi connectivity index (χ1v) is 7.86. The fraction of sp³-hybridized carbons (Fsp3) is 0.588. The third-order valence-electron chi connectivity index (χ3n) is 4.26. The second kappa shape index (κ2) is 7.46. The lowest BCUT2D eigenvalue weighted by Gasteiger charge is -2.34. The largest absolute Gasteiger partial charge is 0.483 e. The molecule has 0 aromatic heterocycles. The molecule has 21 heavy (non-hydrogen) atoms. The van der Waals surface area contributed by atoms with E-state index in [0.717, 1.165) is 43.7 Å². The highest BCUT2D eigenvalue weighted by molar-refractivity contribution is 5.78. The number of carbonyl (C=O) groups excluding carboxylic acids is 1. The first kappa shape index (κ1) is 15.8. The highest BCUT2D eigenvalue weighted by atomic mass is 16.5. The Morgan fingerprint density at radius 2 is 2.24 bits per heavy atom. The summed E-state index contributed by atoms with van der Waals surface area (Å²) in [7, 11) is 0. The van der Waals surface area contributed by atoms with Crippen LogP contribution >= 0.6 is 0 Å². The van der Waals surface area contributed by atoms with E-state index in [0.29, 0.717) is 5.92 Å². The van der Waals surface area contributed by atoms with Crippen LogP contribution < -0.4 is 10.5 Å². The summed E-state index contributed by atoms with van der Waals surface area (Å²) in [5.41, 5.74) is 7.10. The van der Waals surface area contributed by atoms with Crippen molar-refractivity contribution in [1.29, 1.82) is 0 Å². The molecule has 1 aromatic carbocycles. The quantitative estimate of drug-likeness (QED) is 0.904. The van der Waals surface area contributed by atoms with Crippen LogP contribution in [-0.4, -0.2) is 36.5 Å². The second-order valence-corrected chi connectivity index (χ2v) is 5.85. The molecular formula is C17H26N2O2. The lowest BCUT2D eigenvalue weighted by molar-refractivity contribution is -0.135. The van der Waals surface area contributed by atoms with Crippen molar-refractivity contribution in [2.24, 2.45) is 11.7 Å². The number of carbonyl (C=O) groups is 1. The Morgan fingerprint density at radius 3 is 2.95 bits per heavy atom. The van der Waals surface area contributed by atoms with Crippen LogP contribution in [0.25, 0.3) is 0 Å². The van der Waals surface area contributed by atoms with E-state index in [-0.39, 0.29) is 18.6 Å². The van der Waals surface area contributed by atoms with Crippen molar-refractivity contribution < 1.29 is 9.53 Å². The zero-order valence-corrected chi connectivity index (χ0v) is 13.0. The Hall–Kier alpha value is -1.55. The molecule has 0 saturated carbocycles. The predicted molar refractivity (Wildman–Crippen MR) is 84.3 cm³/mol. The van der Waals surface area contributed by atoms with E-state index < -0.39 is 0 Å². The Labute approximate surface area is 127 Å². The maximum absolute atomic E-state index is 12.3. The summed E-state index contributed by atoms with van der Waals surface area (Å²) in [6.07, 6.45) is 3.05. The van der Waals surface area contributed by atoms with Crippen LogP contribution in [0.15, 0.2) is 24.3 Å². The smallest absolute Gasteiger partial charge is 0.260 e. The summed E-state index contributed by atoms with van der Waals surface area (Å²) in [6.45, 7) is 5.80. The summed E-state index contributed by atoms with van der Waals surface area (Å²) in [6, 6.07) is 8.03. The molecule has 1 aliphatic rings. The van der Waals surface area contributed by atoms with Gasteiger partial charge in [-0.2, -0.15) is 0 Å². The van der Waals surface area contributed by atoms with Gasteiger partial charge in [0.25, 0.3) is 5.91 Å². The van der Waals surface area contributed by atoms with Gasteiger partial charge in [0.05, 0.1) is 0 Å². The van der Waals surface area contributed by atoms with Crippen molar-refractivity contribution in [3.05, 3.63) is 29.8 Å². The molecule has 1 heterocycles. The Bertz CT molecular complexity index is 474. The van der Waals surface area contributed by atoms with Crippen molar-refractivity contribution in [2.75, 3.05) is 19.7 Å². The number of rotatable bonds is 5. The maximum atomic E-state index is 12.3. The van der Waals surface area contributed by atoms with Crippen molar-refractivity contribution in [3.8, 4) is 5.75 Å². The average molecular weight is 290 g/mol. The van der Waals surface area contributed by atoms with Crippen molar-refractivity contribution in [2.45, 2.75) is 39.2 Å². The Balaban J connectivity index is 1.89. The highest BCUT2D eigenvalue weighted by Crippen LogP contribution is 2.20. The molecule has 116 valence electrons. The summed E-state index contributed by atoms with van der Waals surface area (Å²) >= 11 is 0. The SMILES string of the molecule is CCc1ccccc1OCC(=O)N1CCC[C@@H]([C@@H](C)N)C1. The van der Waals surface area contributed by atoms with E-state index in [2.05, 4.69) is 6.92 Å². The second-order valence-electron chi connectivity index (χ2n) is 5.85. The van der Waals surface area contributed by atoms with Crippen LogP contribution in [0.4, 0.5) is 0 Å². The number of benzene rings is 1. The van der Waals surface area contributed by atoms with Crippen LogP contribution in [0.5, 0.6) is 5.75 Å². The minimum absolute atomic E-state index is 0.0613. The fourth-order valence-corrected chi connectivity index (χ4v) is 2.83. The molecule has 4 nitrogen and oxygen atoms in total. The van der Waals surface area contributed by atoms with Crippen LogP contribution in [0.2, 0.25) is 0 Å². The lowest BCUT2D eigenvalue weighted by atomic mass is 9.92. The van der Waals surface area contributed by atoms with E-state index in [1.165, 1.54) is 0 Å². The topological polar surface area (TPSA) is 55.6 Å². The Kier molecular flexibility index (Phi) is 5.62. The summed E-state index contributed by atoms with van der Waals surface area (Å²) in [5, 5.41) is 0. The Morgan fingerprint density at radius 1 is 1.48 bits per heavy atom. The standard InChI is InChI=1S/C17H26N2O2/c1-3-14-7-4-5-9-16(14)21-12-17(20)19-10-6-8-15(11-19)13(2)18/h4-5,7,9,13,15H,3,6,8,10-12,18H2,1-2H3/t13-,15-/m1/s1. The van der Waals surface area contributed by atoms with E-state index in [4.69, 9.17) is 10.5 Å². The van der Waals surface area contributed by atoms with Gasteiger partial charge < -0.3 is 15.4 Å². The van der Waals surface area contributed by atoms with Gasteiger partial charge in [-0.05, 0) is 43.7 Å². The van der Waals surface area contributed by atoms with Crippen molar-refractivity contribution >= 4 is 5.91 Å². The number of ether oxygens (including phenoxy) is 1. The number of likely N-dealkylation sites (tertiary alicyclic amines) is 1. The van der Waals surface area contributed by atoms with Gasteiger partial charge in [0, 0.05) is 19.1 Å². The number of nitrogens with two attached hydrogens (primary N) is 1. The van der Waals surface area contributed by atoms with Crippen LogP contribution in [0, 0.1) is 5.92 Å². The lowest BCUT2D eigenvalue weighted by Crippen LogP contribution is -2.46. The van der Waals surface area contributed by atoms with Gasteiger partial charge in [0.2, 0.25) is 0 Å². The summed E-state index contributed by atoms with van der Waals surface area (Å²) in [4.78, 5) is 14.2. The third kappa shape index (κ3) is 4.21. The normalized spacial score (nSPS) is 20.1. The van der Waals surface area contributed by atoms with E-state index >= 15 is 0 Å². The average Bonchev–Trinajstić information content (AvgIpc) is 2.52. The van der Waals surface area contributed by atoms with Crippen molar-refractivity contribution in [3.63, 3.8) is 0 Å². The molecule has 1 aliphatic heterocycles. The van der Waals surface area contributed by atoms with Crippen LogP contribution in [-0.2, 0) is 11.2 Å². The molecule has 1 saturated heterocycles. The zero-order chi connectivity index (χ0) is 15.2. The first-order chi connectivity index (χ1) is 10.1. The molecule has 1 fully saturated rings. The number of piperidine rings is 1. The molecular weight excluding hydrogens is 264 g/mol. The number of hydrogen-bond donors (Lipinski definition) is 1. The van der Waals surface area contributed by atoms with E-state index in [9.17, 15) is 4.79 Å². The minimum atomic E-state index is 0.0613. The van der Waals surface area contributed by atoms with Crippen molar-refractivity contribution in [1.82, 2.24) is 4.90 Å². The summed E-state index contributed by atoms with van der Waals surface area (Å²) in [5.74, 6) is 1.28. The monoisotopic (exact) mass is 290 g/mol. The molecule has 2 atom stereocenters. The third-order valence-corrected chi connectivity index (χ3v) is 4.26.